The second kappa shape index (κ2) is 13.2. The summed E-state index contributed by atoms with van der Waals surface area (Å²) in [6.07, 6.45) is 4.64. The van der Waals surface area contributed by atoms with Crippen molar-refractivity contribution in [1.82, 2.24) is 30.2 Å². The number of aromatic nitrogens is 2. The molecule has 0 aliphatic carbocycles. The van der Waals surface area contributed by atoms with E-state index in [1.54, 1.807) is 18.2 Å². The molecule has 0 radical (unpaired) electrons. The van der Waals surface area contributed by atoms with Crippen LogP contribution in [-0.4, -0.2) is 130 Å². The van der Waals surface area contributed by atoms with Crippen LogP contribution < -0.4 is 20.4 Å². The molecule has 7 heterocycles. The molecule has 1 unspecified atom stereocenters. The highest BCUT2D eigenvalue weighted by Gasteiger charge is 2.45. The summed E-state index contributed by atoms with van der Waals surface area (Å²) in [5.41, 5.74) is 3.99. The number of aromatic hydroxyl groups is 1. The van der Waals surface area contributed by atoms with Crippen molar-refractivity contribution in [3.8, 4) is 17.0 Å². The molecule has 2 aromatic carbocycles. The van der Waals surface area contributed by atoms with E-state index in [2.05, 4.69) is 46.5 Å². The van der Waals surface area contributed by atoms with Crippen molar-refractivity contribution < 1.29 is 24.3 Å². The van der Waals surface area contributed by atoms with Gasteiger partial charge < -0.3 is 25.1 Å². The predicted molar refractivity (Wildman–Crippen MR) is 193 cm³/mol. The van der Waals surface area contributed by atoms with E-state index in [1.807, 2.05) is 24.3 Å². The molecule has 4 fully saturated rings. The number of piperidine rings is 3. The molecule has 6 aliphatic heterocycles. The summed E-state index contributed by atoms with van der Waals surface area (Å²) in [4.78, 5) is 61.7. The Balaban J connectivity index is 0.777. The molecule has 270 valence electrons. The number of piperazine rings is 1. The van der Waals surface area contributed by atoms with Crippen LogP contribution in [0.25, 0.3) is 11.3 Å². The second-order valence-electron chi connectivity index (χ2n) is 14.9. The van der Waals surface area contributed by atoms with Gasteiger partial charge in [-0.05, 0) is 81.6 Å². The van der Waals surface area contributed by atoms with Gasteiger partial charge >= 0.3 is 0 Å². The highest BCUT2D eigenvalue weighted by Crippen LogP contribution is 2.37. The number of hydrogen-bond acceptors (Lipinski definition) is 12. The molecule has 3 N–H and O–H groups in total. The number of benzene rings is 2. The maximum absolute atomic E-state index is 13.4. The number of imide groups is 2. The molecule has 2 atom stereocenters. The van der Waals surface area contributed by atoms with Gasteiger partial charge in [0.05, 0.1) is 28.6 Å². The summed E-state index contributed by atoms with van der Waals surface area (Å²) in [6, 6.07) is 15.2. The zero-order chi connectivity index (χ0) is 35.5. The van der Waals surface area contributed by atoms with E-state index in [0.717, 1.165) is 100 Å². The third-order valence-corrected chi connectivity index (χ3v) is 12.1. The quantitative estimate of drug-likeness (QED) is 0.334. The molecular weight excluding hydrogens is 662 g/mol. The molecule has 1 aromatic heterocycles. The molecule has 0 saturated carbocycles. The molecule has 14 nitrogen and oxygen atoms in total. The number of anilines is 3. The van der Waals surface area contributed by atoms with Gasteiger partial charge in [-0.3, -0.25) is 34.3 Å². The fraction of sp³-hybridized carbons (Fsp3) is 0.474. The van der Waals surface area contributed by atoms with Crippen LogP contribution in [0.2, 0.25) is 0 Å². The van der Waals surface area contributed by atoms with Crippen LogP contribution in [0.1, 0.15) is 59.2 Å². The number of nitrogens with zero attached hydrogens (tertiary/aromatic N) is 7. The van der Waals surface area contributed by atoms with Crippen molar-refractivity contribution in [3.05, 3.63) is 59.7 Å². The summed E-state index contributed by atoms with van der Waals surface area (Å²) >= 11 is 0. The summed E-state index contributed by atoms with van der Waals surface area (Å²) in [7, 11) is 0. The second-order valence-corrected chi connectivity index (χ2v) is 14.9. The van der Waals surface area contributed by atoms with Gasteiger partial charge in [-0.25, -0.2) is 0 Å². The van der Waals surface area contributed by atoms with E-state index in [4.69, 9.17) is 0 Å². The molecule has 6 aliphatic rings. The van der Waals surface area contributed by atoms with Crippen LogP contribution >= 0.6 is 0 Å². The summed E-state index contributed by atoms with van der Waals surface area (Å²) in [5.74, 6) is -0.902. The van der Waals surface area contributed by atoms with Crippen molar-refractivity contribution in [2.24, 2.45) is 0 Å². The third kappa shape index (κ3) is 5.73. The molecule has 14 heteroatoms. The van der Waals surface area contributed by atoms with Crippen molar-refractivity contribution in [2.45, 2.75) is 62.7 Å². The number of para-hydroxylation sites is 1. The maximum Gasteiger partial charge on any atom is 0.262 e. The lowest BCUT2D eigenvalue weighted by atomic mass is 9.95. The van der Waals surface area contributed by atoms with Crippen LogP contribution in [0.3, 0.4) is 0 Å². The summed E-state index contributed by atoms with van der Waals surface area (Å²) < 4.78 is 0. The minimum absolute atomic E-state index is 0.104. The fourth-order valence-corrected chi connectivity index (χ4v) is 9.23. The number of carbonyl (C=O) groups is 4. The monoisotopic (exact) mass is 705 g/mol. The van der Waals surface area contributed by atoms with Gasteiger partial charge in [-0.2, -0.15) is 0 Å². The normalized spacial score (nSPS) is 24.7. The van der Waals surface area contributed by atoms with Crippen molar-refractivity contribution in [2.75, 3.05) is 67.5 Å². The van der Waals surface area contributed by atoms with Crippen LogP contribution in [0, 0.1) is 0 Å². The third-order valence-electron chi connectivity index (χ3n) is 12.1. The molecule has 3 aromatic rings. The number of nitrogens with one attached hydrogen (secondary N) is 2. The summed E-state index contributed by atoms with van der Waals surface area (Å²) in [5, 5.41) is 25.0. The fourth-order valence-electron chi connectivity index (χ4n) is 9.23. The Morgan fingerprint density at radius 1 is 0.712 bits per heavy atom. The van der Waals surface area contributed by atoms with Gasteiger partial charge in [-0.1, -0.05) is 12.1 Å². The topological polar surface area (TPSA) is 155 Å². The number of rotatable bonds is 5. The van der Waals surface area contributed by atoms with Crippen LogP contribution in [0.5, 0.6) is 5.75 Å². The Morgan fingerprint density at radius 3 is 2.25 bits per heavy atom. The van der Waals surface area contributed by atoms with E-state index in [9.17, 15) is 24.3 Å². The molecule has 0 bridgehead atoms. The zero-order valence-electron chi connectivity index (χ0n) is 29.0. The lowest BCUT2D eigenvalue weighted by molar-refractivity contribution is -0.136. The van der Waals surface area contributed by atoms with E-state index in [1.165, 1.54) is 0 Å². The van der Waals surface area contributed by atoms with Crippen LogP contribution in [0.4, 0.5) is 17.2 Å². The van der Waals surface area contributed by atoms with E-state index in [0.29, 0.717) is 40.5 Å². The van der Waals surface area contributed by atoms with E-state index < -0.39 is 23.8 Å². The zero-order valence-corrected chi connectivity index (χ0v) is 29.0. The number of fused-ring (bicyclic) bond motifs is 4. The maximum atomic E-state index is 13.4. The standard InChI is InChI=1S/C38H43N9O5/c48-33-4-2-1-3-28(33)30-20-32-35(42-41-30)39-21-26-22-45(17-18-46(26)32)24-11-13-43(14-12-24)23-9-15-44(16-10-23)25-5-6-27-29(19-25)38(52)47(37(27)51)31-7-8-34(49)40-36(31)50/h1-6,19-20,23-24,26,31,48H,7-18,21-22H2,(H,39,42)(H,40,49,50)/t26-,31?/m0/s1. The smallest absolute Gasteiger partial charge is 0.262 e. The number of phenolic OH excluding ortho intramolecular Hbond substituents is 1. The van der Waals surface area contributed by atoms with Gasteiger partial charge in [0.15, 0.2) is 5.82 Å². The van der Waals surface area contributed by atoms with Crippen LogP contribution in [-0.2, 0) is 9.59 Å². The van der Waals surface area contributed by atoms with Crippen LogP contribution in [0.15, 0.2) is 48.5 Å². The molecule has 4 saturated heterocycles. The van der Waals surface area contributed by atoms with Crippen molar-refractivity contribution in [1.29, 1.82) is 0 Å². The Hall–Kier alpha value is -5.08. The first kappa shape index (κ1) is 32.8. The molecule has 0 spiro atoms. The van der Waals surface area contributed by atoms with E-state index >= 15 is 0 Å². The summed E-state index contributed by atoms with van der Waals surface area (Å²) in [6.45, 7) is 7.70. The number of hydrogen-bond donors (Lipinski definition) is 3. The first-order chi connectivity index (χ1) is 25.3. The number of carbonyl (C=O) groups excluding carboxylic acids is 4. The lowest BCUT2D eigenvalue weighted by Gasteiger charge is -2.50. The number of likely N-dealkylation sites (tertiary alicyclic amines) is 1. The van der Waals surface area contributed by atoms with Crippen molar-refractivity contribution in [3.63, 3.8) is 0 Å². The predicted octanol–water partition coefficient (Wildman–Crippen LogP) is 2.30. The Kier molecular flexibility index (Phi) is 8.30. The van der Waals surface area contributed by atoms with E-state index in [-0.39, 0.29) is 24.5 Å². The molecule has 4 amide bonds. The first-order valence-corrected chi connectivity index (χ1v) is 18.6. The average molecular weight is 706 g/mol. The minimum Gasteiger partial charge on any atom is -0.507 e. The highest BCUT2D eigenvalue weighted by atomic mass is 16.3. The minimum atomic E-state index is -0.958. The SMILES string of the molecule is O=C1CCC(N2C(=O)c3ccc(N4CCC(N5CCC(N6CCN7c8cc(-c9ccccc9O)nnc8NC[C@H]7C6)CC5)CC4)cc3C2=O)C(=O)N1. The molecule has 9 rings (SSSR count). The average Bonchev–Trinajstić information content (AvgIpc) is 3.42. The van der Waals surface area contributed by atoms with Gasteiger partial charge in [0, 0.05) is 69.0 Å². The highest BCUT2D eigenvalue weighted by molar-refractivity contribution is 6.23. The first-order valence-electron chi connectivity index (χ1n) is 18.6. The van der Waals surface area contributed by atoms with Gasteiger partial charge in [0.2, 0.25) is 11.8 Å². The lowest BCUT2D eigenvalue weighted by Crippen LogP contribution is -2.61. The van der Waals surface area contributed by atoms with Gasteiger partial charge in [0.1, 0.15) is 11.8 Å². The Bertz CT molecular complexity index is 1940. The number of phenols is 1. The van der Waals surface area contributed by atoms with Crippen molar-refractivity contribution >= 4 is 40.8 Å². The Labute approximate surface area is 301 Å². The van der Waals surface area contributed by atoms with Gasteiger partial charge in [0.25, 0.3) is 11.8 Å². The van der Waals surface area contributed by atoms with Gasteiger partial charge in [-0.15, -0.1) is 10.2 Å². The number of amides is 4. The Morgan fingerprint density at radius 2 is 1.46 bits per heavy atom. The molecule has 52 heavy (non-hydrogen) atoms. The largest absolute Gasteiger partial charge is 0.507 e. The molecular formula is C38H43N9O5.